The lowest BCUT2D eigenvalue weighted by Crippen LogP contribution is -2.58. The zero-order valence-corrected chi connectivity index (χ0v) is 16.0. The standard InChI is InChI=1S/C14H31NO2Si2/c1-9-10-11-14(12-17-13(2)16)15(18(3,4)5)19(6,7)8/h12H,9-11H2,1-8H3/b14-12-. The Morgan fingerprint density at radius 3 is 1.89 bits per heavy atom. The number of allylic oxidation sites excluding steroid dienone is 1. The zero-order chi connectivity index (χ0) is 15.3. The number of ether oxygens (including phenoxy) is 1. The first kappa shape index (κ1) is 18.4. The molecule has 0 bridgehead atoms. The first-order valence-electron chi connectivity index (χ1n) is 7.16. The second kappa shape index (κ2) is 7.29. The summed E-state index contributed by atoms with van der Waals surface area (Å²) in [6.07, 6.45) is 4.99. The maximum Gasteiger partial charge on any atom is 0.307 e. The van der Waals surface area contributed by atoms with Gasteiger partial charge in [0.15, 0.2) is 0 Å². The van der Waals surface area contributed by atoms with Crippen LogP contribution in [0.15, 0.2) is 12.0 Å². The summed E-state index contributed by atoms with van der Waals surface area (Å²) < 4.78 is 7.80. The largest absolute Gasteiger partial charge is 0.433 e. The highest BCUT2D eigenvalue weighted by Crippen LogP contribution is 2.28. The van der Waals surface area contributed by atoms with Crippen molar-refractivity contribution in [2.75, 3.05) is 0 Å². The molecule has 112 valence electrons. The normalized spacial score (nSPS) is 13.4. The second-order valence-corrected chi connectivity index (χ2v) is 17.0. The van der Waals surface area contributed by atoms with Crippen LogP contribution in [0.5, 0.6) is 0 Å². The van der Waals surface area contributed by atoms with E-state index < -0.39 is 16.5 Å². The van der Waals surface area contributed by atoms with Crippen molar-refractivity contribution in [3.63, 3.8) is 0 Å². The fourth-order valence-corrected chi connectivity index (χ4v) is 12.7. The van der Waals surface area contributed by atoms with Gasteiger partial charge in [-0.3, -0.25) is 4.79 Å². The number of nitrogens with zero attached hydrogens (tertiary/aromatic N) is 1. The highest BCUT2D eigenvalue weighted by Gasteiger charge is 2.35. The van der Waals surface area contributed by atoms with Crippen LogP contribution in [0, 0.1) is 0 Å². The quantitative estimate of drug-likeness (QED) is 0.392. The molecule has 0 spiro atoms. The molecule has 0 atom stereocenters. The van der Waals surface area contributed by atoms with Gasteiger partial charge in [0, 0.05) is 12.6 Å². The second-order valence-electron chi connectivity index (χ2n) is 7.00. The third kappa shape index (κ3) is 6.96. The predicted octanol–water partition coefficient (Wildman–Crippen LogP) is 4.55. The van der Waals surface area contributed by atoms with Crippen LogP contribution in [-0.2, 0) is 9.53 Å². The lowest BCUT2D eigenvalue weighted by atomic mass is 10.2. The van der Waals surface area contributed by atoms with E-state index >= 15 is 0 Å². The van der Waals surface area contributed by atoms with Crippen molar-refractivity contribution in [1.29, 1.82) is 0 Å². The van der Waals surface area contributed by atoms with Gasteiger partial charge in [0.05, 0.1) is 0 Å². The van der Waals surface area contributed by atoms with Gasteiger partial charge in [-0.05, 0) is 12.8 Å². The van der Waals surface area contributed by atoms with E-state index in [0.29, 0.717) is 0 Å². The summed E-state index contributed by atoms with van der Waals surface area (Å²) in [6.45, 7) is 17.8. The van der Waals surface area contributed by atoms with E-state index in [2.05, 4.69) is 50.4 Å². The predicted molar refractivity (Wildman–Crippen MR) is 87.9 cm³/mol. The molecular formula is C14H31NO2Si2. The van der Waals surface area contributed by atoms with Gasteiger partial charge in [-0.15, -0.1) is 0 Å². The average Bonchev–Trinajstić information content (AvgIpc) is 2.17. The van der Waals surface area contributed by atoms with Gasteiger partial charge in [0.1, 0.15) is 22.7 Å². The third-order valence-corrected chi connectivity index (χ3v) is 10.1. The van der Waals surface area contributed by atoms with Gasteiger partial charge in [-0.2, -0.15) is 0 Å². The summed E-state index contributed by atoms with van der Waals surface area (Å²) in [5.74, 6) is -0.236. The number of rotatable bonds is 7. The van der Waals surface area contributed by atoms with E-state index in [1.807, 2.05) is 0 Å². The van der Waals surface area contributed by atoms with Crippen molar-refractivity contribution in [1.82, 2.24) is 4.23 Å². The van der Waals surface area contributed by atoms with Gasteiger partial charge >= 0.3 is 5.97 Å². The molecule has 19 heavy (non-hydrogen) atoms. The first-order valence-corrected chi connectivity index (χ1v) is 14.1. The Morgan fingerprint density at radius 1 is 1.11 bits per heavy atom. The van der Waals surface area contributed by atoms with Crippen molar-refractivity contribution in [3.8, 4) is 0 Å². The minimum atomic E-state index is -1.47. The summed E-state index contributed by atoms with van der Waals surface area (Å²) in [5.41, 5.74) is 1.22. The van der Waals surface area contributed by atoms with Crippen LogP contribution in [0.25, 0.3) is 0 Å². The van der Waals surface area contributed by atoms with Crippen molar-refractivity contribution >= 4 is 22.4 Å². The monoisotopic (exact) mass is 301 g/mol. The number of esters is 1. The summed E-state index contributed by atoms with van der Waals surface area (Å²) in [5, 5.41) is 0. The maximum absolute atomic E-state index is 11.1. The van der Waals surface area contributed by atoms with E-state index in [1.54, 1.807) is 6.26 Å². The molecule has 0 rings (SSSR count). The lowest BCUT2D eigenvalue weighted by molar-refractivity contribution is -0.135. The number of hydrogen-bond acceptors (Lipinski definition) is 3. The lowest BCUT2D eigenvalue weighted by Gasteiger charge is -2.47. The van der Waals surface area contributed by atoms with E-state index in [-0.39, 0.29) is 5.97 Å². The Labute approximate surface area is 121 Å². The molecule has 0 aliphatic heterocycles. The number of hydrogen-bond donors (Lipinski definition) is 0. The molecule has 0 unspecified atom stereocenters. The van der Waals surface area contributed by atoms with Crippen molar-refractivity contribution in [3.05, 3.63) is 12.0 Å². The Bertz CT molecular complexity index is 313. The molecule has 0 aliphatic rings. The van der Waals surface area contributed by atoms with Crippen LogP contribution in [0.2, 0.25) is 39.3 Å². The fraction of sp³-hybridized carbons (Fsp3) is 0.786. The van der Waals surface area contributed by atoms with Gasteiger partial charge in [0.2, 0.25) is 0 Å². The highest BCUT2D eigenvalue weighted by atomic mass is 28.4. The number of carbonyl (C=O) groups is 1. The minimum Gasteiger partial charge on any atom is -0.433 e. The smallest absolute Gasteiger partial charge is 0.307 e. The van der Waals surface area contributed by atoms with E-state index in [9.17, 15) is 4.79 Å². The first-order chi connectivity index (χ1) is 8.50. The Balaban J connectivity index is 5.37. The third-order valence-electron chi connectivity index (χ3n) is 2.78. The van der Waals surface area contributed by atoms with Crippen molar-refractivity contribution in [2.45, 2.75) is 72.4 Å². The Kier molecular flexibility index (Phi) is 7.07. The zero-order valence-electron chi connectivity index (χ0n) is 14.0. The molecule has 0 amide bonds. The van der Waals surface area contributed by atoms with Gasteiger partial charge < -0.3 is 8.97 Å². The van der Waals surface area contributed by atoms with E-state index in [0.717, 1.165) is 19.3 Å². The number of unbranched alkanes of at least 4 members (excludes halogenated alkanes) is 1. The summed E-state index contributed by atoms with van der Waals surface area (Å²) >= 11 is 0. The van der Waals surface area contributed by atoms with E-state index in [1.165, 1.54) is 12.6 Å². The maximum atomic E-state index is 11.1. The fourth-order valence-electron chi connectivity index (χ4n) is 2.60. The van der Waals surface area contributed by atoms with Gasteiger partial charge in [0.25, 0.3) is 0 Å². The molecule has 0 aromatic rings. The van der Waals surface area contributed by atoms with Gasteiger partial charge in [-0.1, -0.05) is 52.6 Å². The minimum absolute atomic E-state index is 0.236. The van der Waals surface area contributed by atoms with Crippen LogP contribution >= 0.6 is 0 Å². The summed E-state index contributed by atoms with van der Waals surface area (Å²) in [4.78, 5) is 11.1. The molecule has 0 saturated carbocycles. The molecular weight excluding hydrogens is 270 g/mol. The molecule has 0 heterocycles. The van der Waals surface area contributed by atoms with Crippen LogP contribution in [-0.4, -0.2) is 26.7 Å². The highest BCUT2D eigenvalue weighted by molar-refractivity contribution is 6.90. The molecule has 0 radical (unpaired) electrons. The van der Waals surface area contributed by atoms with Crippen LogP contribution < -0.4 is 0 Å². The molecule has 3 nitrogen and oxygen atoms in total. The topological polar surface area (TPSA) is 29.5 Å². The molecule has 0 fully saturated rings. The summed E-state index contributed by atoms with van der Waals surface area (Å²) in [7, 11) is -2.94. The molecule has 0 aromatic heterocycles. The molecule has 0 N–H and O–H groups in total. The summed E-state index contributed by atoms with van der Waals surface area (Å²) in [6, 6.07) is 0. The molecule has 5 heteroatoms. The van der Waals surface area contributed by atoms with E-state index in [4.69, 9.17) is 4.74 Å². The Morgan fingerprint density at radius 2 is 1.58 bits per heavy atom. The Hall–Kier alpha value is -0.556. The molecule has 0 saturated heterocycles. The van der Waals surface area contributed by atoms with Crippen molar-refractivity contribution in [2.24, 2.45) is 0 Å². The average molecular weight is 302 g/mol. The molecule has 0 aromatic carbocycles. The van der Waals surface area contributed by atoms with Crippen LogP contribution in [0.3, 0.4) is 0 Å². The van der Waals surface area contributed by atoms with Crippen LogP contribution in [0.4, 0.5) is 0 Å². The van der Waals surface area contributed by atoms with Crippen LogP contribution in [0.1, 0.15) is 33.1 Å². The number of carbonyl (C=O) groups excluding carboxylic acids is 1. The molecule has 0 aliphatic carbocycles. The van der Waals surface area contributed by atoms with Crippen molar-refractivity contribution < 1.29 is 9.53 Å². The van der Waals surface area contributed by atoms with Gasteiger partial charge in [-0.25, -0.2) is 0 Å². The SMILES string of the molecule is CCCC/C(=C/OC(C)=O)N([Si](C)(C)C)[Si](C)(C)C.